The van der Waals surface area contributed by atoms with Crippen LogP contribution in [0.2, 0.25) is 0 Å². The van der Waals surface area contributed by atoms with Crippen molar-refractivity contribution < 1.29 is 23.8 Å². The highest BCUT2D eigenvalue weighted by Crippen LogP contribution is 2.41. The average molecular weight is 439 g/mol. The first-order valence-corrected chi connectivity index (χ1v) is 11.1. The second-order valence-electron chi connectivity index (χ2n) is 7.61. The highest BCUT2D eigenvalue weighted by atomic mass is 32.1. The summed E-state index contributed by atoms with van der Waals surface area (Å²) in [5.74, 6) is -1.36. The highest BCUT2D eigenvalue weighted by Gasteiger charge is 2.45. The fourth-order valence-corrected chi connectivity index (χ4v) is 5.00. The summed E-state index contributed by atoms with van der Waals surface area (Å²) in [4.78, 5) is 31.1. The number of ketones is 1. The molecule has 1 atom stereocenters. The van der Waals surface area contributed by atoms with Crippen molar-refractivity contribution in [1.82, 2.24) is 9.80 Å². The van der Waals surface area contributed by atoms with Gasteiger partial charge in [0.2, 0.25) is 5.78 Å². The van der Waals surface area contributed by atoms with Crippen LogP contribution < -0.4 is 0 Å². The van der Waals surface area contributed by atoms with Crippen molar-refractivity contribution in [3.63, 3.8) is 0 Å². The molecule has 0 saturated carbocycles. The van der Waals surface area contributed by atoms with Gasteiger partial charge in [0.05, 0.1) is 24.8 Å². The Bertz CT molecular complexity index is 1110. The number of ether oxygens (including phenoxy) is 1. The first kappa shape index (κ1) is 20.0. The van der Waals surface area contributed by atoms with E-state index in [1.165, 1.54) is 11.3 Å². The van der Waals surface area contributed by atoms with Gasteiger partial charge in [-0.2, -0.15) is 0 Å². The molecule has 1 fully saturated rings. The largest absolute Gasteiger partial charge is 0.503 e. The van der Waals surface area contributed by atoms with Crippen LogP contribution in [0.4, 0.5) is 0 Å². The molecule has 1 N–H and O–H groups in total. The Labute approximate surface area is 183 Å². The van der Waals surface area contributed by atoms with Gasteiger partial charge in [0.1, 0.15) is 5.58 Å². The summed E-state index contributed by atoms with van der Waals surface area (Å²) in [7, 11) is 0. The summed E-state index contributed by atoms with van der Waals surface area (Å²) in [6.45, 7) is 3.99. The summed E-state index contributed by atoms with van der Waals surface area (Å²) in [5, 5.41) is 13.4. The van der Waals surface area contributed by atoms with Crippen molar-refractivity contribution in [2.24, 2.45) is 0 Å². The van der Waals surface area contributed by atoms with Crippen LogP contribution in [0, 0.1) is 0 Å². The molecule has 2 aromatic heterocycles. The van der Waals surface area contributed by atoms with Gasteiger partial charge < -0.3 is 19.2 Å². The predicted molar refractivity (Wildman–Crippen MR) is 116 cm³/mol. The number of Topliss-reactive ketones (excluding diaryl/α,β-unsaturated/α-hetero) is 1. The van der Waals surface area contributed by atoms with Gasteiger partial charge in [0.25, 0.3) is 5.91 Å². The number of aliphatic hydroxyl groups excluding tert-OH is 1. The predicted octanol–water partition coefficient (Wildman–Crippen LogP) is 3.40. The second-order valence-corrected chi connectivity index (χ2v) is 8.59. The van der Waals surface area contributed by atoms with Gasteiger partial charge in [-0.3, -0.25) is 14.5 Å². The van der Waals surface area contributed by atoms with Gasteiger partial charge in [-0.15, -0.1) is 11.3 Å². The lowest BCUT2D eigenvalue weighted by Crippen LogP contribution is -2.43. The summed E-state index contributed by atoms with van der Waals surface area (Å²) >= 11 is 1.46. The molecule has 0 unspecified atom stereocenters. The summed E-state index contributed by atoms with van der Waals surface area (Å²) in [6, 6.07) is 12.1. The van der Waals surface area contributed by atoms with E-state index in [4.69, 9.17) is 9.15 Å². The number of hydrogen-bond acceptors (Lipinski definition) is 7. The molecular weight excluding hydrogens is 416 g/mol. The average Bonchev–Trinajstić information content (AvgIpc) is 3.52. The van der Waals surface area contributed by atoms with Gasteiger partial charge in [-0.05, 0) is 23.6 Å². The molecule has 2 aliphatic rings. The zero-order chi connectivity index (χ0) is 21.4. The van der Waals surface area contributed by atoms with Gasteiger partial charge in [-0.1, -0.05) is 24.3 Å². The molecule has 3 aromatic rings. The molecule has 8 heteroatoms. The number of carbonyl (C=O) groups excluding carboxylic acids is 2. The van der Waals surface area contributed by atoms with E-state index in [9.17, 15) is 14.7 Å². The molecule has 4 heterocycles. The quantitative estimate of drug-likeness (QED) is 0.594. The summed E-state index contributed by atoms with van der Waals surface area (Å²) < 4.78 is 11.1. The molecule has 1 amide bonds. The zero-order valence-electron chi connectivity index (χ0n) is 16.8. The third kappa shape index (κ3) is 3.67. The van der Waals surface area contributed by atoms with Gasteiger partial charge in [0.15, 0.2) is 11.5 Å². The Morgan fingerprint density at radius 1 is 1.13 bits per heavy atom. The number of aliphatic hydroxyl groups is 1. The maximum Gasteiger partial charge on any atom is 0.290 e. The summed E-state index contributed by atoms with van der Waals surface area (Å²) in [5.41, 5.74) is 0.667. The third-order valence-corrected chi connectivity index (χ3v) is 6.70. The minimum absolute atomic E-state index is 0.0773. The van der Waals surface area contributed by atoms with Crippen molar-refractivity contribution in [2.75, 3.05) is 39.4 Å². The van der Waals surface area contributed by atoms with Gasteiger partial charge in [-0.25, -0.2) is 0 Å². The van der Waals surface area contributed by atoms with Crippen LogP contribution in [0.3, 0.4) is 0 Å². The van der Waals surface area contributed by atoms with Crippen molar-refractivity contribution in [1.29, 1.82) is 0 Å². The van der Waals surface area contributed by atoms with Crippen LogP contribution in [-0.2, 0) is 9.53 Å². The minimum atomic E-state index is -0.630. The van der Waals surface area contributed by atoms with Crippen LogP contribution in [0.25, 0.3) is 11.0 Å². The number of amides is 1. The van der Waals surface area contributed by atoms with Crippen molar-refractivity contribution in [3.05, 3.63) is 69.8 Å². The van der Waals surface area contributed by atoms with Crippen LogP contribution >= 0.6 is 11.3 Å². The smallest absolute Gasteiger partial charge is 0.290 e. The molecule has 31 heavy (non-hydrogen) atoms. The normalized spacial score (nSPS) is 20.2. The number of thiophene rings is 1. The molecule has 5 rings (SSSR count). The fraction of sp³-hybridized carbons (Fsp3) is 0.304. The fourth-order valence-electron chi connectivity index (χ4n) is 4.16. The number of para-hydroxylation sites is 1. The van der Waals surface area contributed by atoms with Crippen molar-refractivity contribution >= 4 is 34.0 Å². The number of furan rings is 1. The summed E-state index contributed by atoms with van der Waals surface area (Å²) in [6.07, 6.45) is 0. The van der Waals surface area contributed by atoms with E-state index in [0.717, 1.165) is 23.4 Å². The lowest BCUT2D eigenvalue weighted by atomic mass is 10.00. The van der Waals surface area contributed by atoms with Gasteiger partial charge >= 0.3 is 0 Å². The molecule has 1 aromatic carbocycles. The number of carbonyl (C=O) groups is 2. The van der Waals surface area contributed by atoms with E-state index in [0.29, 0.717) is 31.9 Å². The van der Waals surface area contributed by atoms with Crippen LogP contribution in [0.1, 0.15) is 21.5 Å². The molecule has 0 radical (unpaired) electrons. The lowest BCUT2D eigenvalue weighted by Gasteiger charge is -2.31. The Morgan fingerprint density at radius 2 is 1.94 bits per heavy atom. The van der Waals surface area contributed by atoms with Crippen LogP contribution in [0.5, 0.6) is 0 Å². The SMILES string of the molecule is O=C(C1=C(O)C(=O)N(CCN2CCOCC2)[C@@H]1c1cccs1)c1cc2ccccc2o1. The number of fused-ring (bicyclic) bond motifs is 1. The molecule has 1 saturated heterocycles. The van der Waals surface area contributed by atoms with E-state index in [1.807, 2.05) is 35.7 Å². The maximum absolute atomic E-state index is 13.4. The van der Waals surface area contributed by atoms with Gasteiger partial charge in [0, 0.05) is 36.4 Å². The number of rotatable bonds is 6. The Balaban J connectivity index is 1.47. The van der Waals surface area contributed by atoms with Crippen LogP contribution in [-0.4, -0.2) is 66.0 Å². The second kappa shape index (κ2) is 8.30. The first-order valence-electron chi connectivity index (χ1n) is 10.2. The number of morpholine rings is 1. The number of benzene rings is 1. The maximum atomic E-state index is 13.4. The minimum Gasteiger partial charge on any atom is -0.503 e. The van der Waals surface area contributed by atoms with Crippen molar-refractivity contribution in [2.45, 2.75) is 6.04 Å². The monoisotopic (exact) mass is 438 g/mol. The number of hydrogen-bond donors (Lipinski definition) is 1. The van der Waals surface area contributed by atoms with Crippen molar-refractivity contribution in [3.8, 4) is 0 Å². The molecule has 0 spiro atoms. The third-order valence-electron chi connectivity index (χ3n) is 5.77. The molecule has 0 aliphatic carbocycles. The molecule has 0 bridgehead atoms. The standard InChI is InChI=1S/C23H22N2O5S/c26-21(17-14-15-4-1-2-5-16(15)30-17)19-20(18-6-3-13-31-18)25(23(28)22(19)27)8-7-24-9-11-29-12-10-24/h1-6,13-14,20,27H,7-12H2/t20-/m1/s1. The zero-order valence-corrected chi connectivity index (χ0v) is 17.6. The highest BCUT2D eigenvalue weighted by molar-refractivity contribution is 7.10. The molecule has 7 nitrogen and oxygen atoms in total. The number of nitrogens with zero attached hydrogens (tertiary/aromatic N) is 2. The van der Waals surface area contributed by atoms with E-state index in [1.54, 1.807) is 17.0 Å². The Morgan fingerprint density at radius 3 is 2.68 bits per heavy atom. The topological polar surface area (TPSA) is 83.2 Å². The van der Waals surface area contributed by atoms with Crippen LogP contribution in [0.15, 0.2) is 63.6 Å². The Hall–Kier alpha value is -2.94. The van der Waals surface area contributed by atoms with E-state index in [-0.39, 0.29) is 11.3 Å². The van der Waals surface area contributed by atoms with E-state index >= 15 is 0 Å². The first-order chi connectivity index (χ1) is 15.1. The Kier molecular flexibility index (Phi) is 5.35. The lowest BCUT2D eigenvalue weighted by molar-refractivity contribution is -0.129. The molecular formula is C23H22N2O5S. The van der Waals surface area contributed by atoms with E-state index in [2.05, 4.69) is 4.90 Å². The molecule has 160 valence electrons. The van der Waals surface area contributed by atoms with E-state index < -0.39 is 23.5 Å². The molecule has 2 aliphatic heterocycles.